The van der Waals surface area contributed by atoms with Gasteiger partial charge >= 0.3 is 6.18 Å². The second-order valence-electron chi connectivity index (χ2n) is 7.86. The van der Waals surface area contributed by atoms with E-state index >= 15 is 0 Å². The van der Waals surface area contributed by atoms with Crippen molar-refractivity contribution in [3.05, 3.63) is 76.9 Å². The molecule has 0 bridgehead atoms. The minimum absolute atomic E-state index is 0.0411. The van der Waals surface area contributed by atoms with Gasteiger partial charge in [-0.15, -0.1) is 0 Å². The van der Waals surface area contributed by atoms with E-state index in [0.29, 0.717) is 16.7 Å². The predicted molar refractivity (Wildman–Crippen MR) is 126 cm³/mol. The van der Waals surface area contributed by atoms with Crippen LogP contribution in [-0.2, 0) is 16.2 Å². The molecule has 0 atom stereocenters. The number of anilines is 1. The van der Waals surface area contributed by atoms with Gasteiger partial charge in [0.25, 0.3) is 0 Å². The van der Waals surface area contributed by atoms with Crippen molar-refractivity contribution in [2.24, 2.45) is 5.73 Å². The quantitative estimate of drug-likeness (QED) is 0.508. The third-order valence-corrected chi connectivity index (χ3v) is 7.77. The largest absolute Gasteiger partial charge is 0.416 e. The highest BCUT2D eigenvalue weighted by Crippen LogP contribution is 2.33. The number of amides is 1. The first-order valence-electron chi connectivity index (χ1n) is 10.5. The molecule has 12 heteroatoms. The van der Waals surface area contributed by atoms with Gasteiger partial charge < -0.3 is 10.6 Å². The fourth-order valence-electron chi connectivity index (χ4n) is 3.87. The molecule has 1 amide bonds. The molecular formula is C23H20ClF3N4O3S. The van der Waals surface area contributed by atoms with Crippen LogP contribution in [0, 0.1) is 0 Å². The molecule has 7 nitrogen and oxygen atoms in total. The summed E-state index contributed by atoms with van der Waals surface area (Å²) in [7, 11) is -3.84. The minimum atomic E-state index is -4.57. The van der Waals surface area contributed by atoms with E-state index < -0.39 is 27.7 Å². The van der Waals surface area contributed by atoms with Gasteiger partial charge in [0.1, 0.15) is 11.0 Å². The van der Waals surface area contributed by atoms with E-state index in [9.17, 15) is 26.4 Å². The first-order chi connectivity index (χ1) is 16.5. The van der Waals surface area contributed by atoms with Crippen LogP contribution in [0.3, 0.4) is 0 Å². The maximum atomic E-state index is 13.1. The highest BCUT2D eigenvalue weighted by atomic mass is 35.5. The second kappa shape index (κ2) is 9.48. The van der Waals surface area contributed by atoms with Crippen molar-refractivity contribution in [3.63, 3.8) is 0 Å². The van der Waals surface area contributed by atoms with Crippen molar-refractivity contribution in [1.82, 2.24) is 9.29 Å². The number of aromatic nitrogens is 1. The molecule has 1 aliphatic rings. The zero-order chi connectivity index (χ0) is 25.4. The molecule has 2 N–H and O–H groups in total. The van der Waals surface area contributed by atoms with E-state index in [4.69, 9.17) is 17.3 Å². The number of halogens is 4. The summed E-state index contributed by atoms with van der Waals surface area (Å²) in [6.07, 6.45) is -4.57. The molecule has 184 valence electrons. The Labute approximate surface area is 205 Å². The number of piperazine rings is 1. The number of pyridine rings is 1. The van der Waals surface area contributed by atoms with Crippen LogP contribution < -0.4 is 10.6 Å². The van der Waals surface area contributed by atoms with Crippen LogP contribution in [0.5, 0.6) is 0 Å². The van der Waals surface area contributed by atoms with Crippen LogP contribution in [0.1, 0.15) is 15.9 Å². The van der Waals surface area contributed by atoms with Crippen LogP contribution in [-0.4, -0.2) is 49.8 Å². The number of rotatable bonds is 5. The molecule has 2 heterocycles. The zero-order valence-corrected chi connectivity index (χ0v) is 19.7. The number of hydrogen-bond donors (Lipinski definition) is 1. The summed E-state index contributed by atoms with van der Waals surface area (Å²) in [6.45, 7) is 0.413. The first-order valence-corrected chi connectivity index (χ1v) is 12.3. The summed E-state index contributed by atoms with van der Waals surface area (Å²) in [6, 6.07) is 14.5. The van der Waals surface area contributed by atoms with Gasteiger partial charge in [-0.05, 0) is 41.5 Å². The third kappa shape index (κ3) is 5.26. The van der Waals surface area contributed by atoms with Crippen LogP contribution in [0.2, 0.25) is 5.15 Å². The summed E-state index contributed by atoms with van der Waals surface area (Å²) in [4.78, 5) is 17.3. The van der Waals surface area contributed by atoms with E-state index in [1.54, 1.807) is 41.3 Å². The smallest absolute Gasteiger partial charge is 0.366 e. The van der Waals surface area contributed by atoms with Crippen LogP contribution in [0.25, 0.3) is 11.1 Å². The van der Waals surface area contributed by atoms with Crippen molar-refractivity contribution in [2.75, 3.05) is 31.1 Å². The Bertz CT molecular complexity index is 1360. The minimum Gasteiger partial charge on any atom is -0.366 e. The summed E-state index contributed by atoms with van der Waals surface area (Å²) < 4.78 is 66.9. The average molecular weight is 525 g/mol. The van der Waals surface area contributed by atoms with Crippen molar-refractivity contribution in [2.45, 2.75) is 11.1 Å². The SMILES string of the molecule is NC(=O)c1ccccc1-c1ccc(S(=O)(=O)N2CCN(c3cc(C(F)(F)F)cc(Cl)n3)CC2)cc1. The van der Waals surface area contributed by atoms with Gasteiger partial charge in [0.15, 0.2) is 0 Å². The van der Waals surface area contributed by atoms with Crippen LogP contribution >= 0.6 is 11.6 Å². The van der Waals surface area contributed by atoms with Crippen molar-refractivity contribution in [1.29, 1.82) is 0 Å². The van der Waals surface area contributed by atoms with Gasteiger partial charge in [0, 0.05) is 31.7 Å². The standard InChI is InChI=1S/C23H20ClF3N4O3S/c24-20-13-16(23(25,26)27)14-21(29-20)30-9-11-31(12-10-30)35(33,34)17-7-5-15(6-8-17)18-3-1-2-4-19(18)22(28)32/h1-8,13-14H,9-12H2,(H2,28,32). The molecule has 1 aliphatic heterocycles. The van der Waals surface area contributed by atoms with Gasteiger partial charge in [-0.2, -0.15) is 17.5 Å². The number of carbonyl (C=O) groups excluding carboxylic acids is 1. The lowest BCUT2D eigenvalue weighted by atomic mass is 9.99. The van der Waals surface area contributed by atoms with Crippen molar-refractivity contribution < 1.29 is 26.4 Å². The molecule has 4 rings (SSSR count). The number of alkyl halides is 3. The molecule has 1 fully saturated rings. The topological polar surface area (TPSA) is 96.6 Å². The van der Waals surface area contributed by atoms with Gasteiger partial charge in [0.05, 0.1) is 10.5 Å². The fourth-order valence-corrected chi connectivity index (χ4v) is 5.50. The molecule has 0 radical (unpaired) electrons. The van der Waals surface area contributed by atoms with E-state index in [0.717, 1.165) is 12.1 Å². The number of carbonyl (C=O) groups is 1. The summed E-state index contributed by atoms with van der Waals surface area (Å²) in [5.41, 5.74) is 6.05. The van der Waals surface area contributed by atoms with Crippen LogP contribution in [0.15, 0.2) is 65.6 Å². The maximum Gasteiger partial charge on any atom is 0.416 e. The fraction of sp³-hybridized carbons (Fsp3) is 0.217. The Balaban J connectivity index is 1.50. The lowest BCUT2D eigenvalue weighted by Crippen LogP contribution is -2.49. The highest BCUT2D eigenvalue weighted by Gasteiger charge is 2.33. The molecule has 0 spiro atoms. The number of nitrogens with zero attached hydrogens (tertiary/aromatic N) is 3. The normalized spacial score (nSPS) is 15.3. The Kier molecular flexibility index (Phi) is 6.76. The summed E-state index contributed by atoms with van der Waals surface area (Å²) >= 11 is 5.77. The van der Waals surface area contributed by atoms with E-state index in [1.165, 1.54) is 16.4 Å². The second-order valence-corrected chi connectivity index (χ2v) is 10.2. The van der Waals surface area contributed by atoms with Gasteiger partial charge in [-0.1, -0.05) is 41.9 Å². The molecule has 0 aliphatic carbocycles. The Morgan fingerprint density at radius 1 is 0.971 bits per heavy atom. The molecule has 1 saturated heterocycles. The third-order valence-electron chi connectivity index (χ3n) is 5.67. The maximum absolute atomic E-state index is 13.1. The zero-order valence-electron chi connectivity index (χ0n) is 18.2. The molecule has 0 unspecified atom stereocenters. The van der Waals surface area contributed by atoms with Crippen molar-refractivity contribution in [3.8, 4) is 11.1 Å². The lowest BCUT2D eigenvalue weighted by Gasteiger charge is -2.35. The molecule has 1 aromatic heterocycles. The monoisotopic (exact) mass is 524 g/mol. The Morgan fingerprint density at radius 2 is 1.60 bits per heavy atom. The van der Waals surface area contributed by atoms with E-state index in [-0.39, 0.29) is 42.0 Å². The molecule has 0 saturated carbocycles. The summed E-state index contributed by atoms with van der Waals surface area (Å²) in [5.74, 6) is -0.550. The molecular weight excluding hydrogens is 505 g/mol. The Hall–Kier alpha value is -3.15. The summed E-state index contributed by atoms with van der Waals surface area (Å²) in [5, 5.41) is -0.289. The lowest BCUT2D eigenvalue weighted by molar-refractivity contribution is -0.137. The number of sulfonamides is 1. The number of primary amides is 1. The van der Waals surface area contributed by atoms with E-state index in [2.05, 4.69) is 4.98 Å². The number of hydrogen-bond acceptors (Lipinski definition) is 5. The van der Waals surface area contributed by atoms with E-state index in [1.807, 2.05) is 0 Å². The molecule has 35 heavy (non-hydrogen) atoms. The Morgan fingerprint density at radius 3 is 2.20 bits per heavy atom. The van der Waals surface area contributed by atoms with Gasteiger partial charge in [-0.25, -0.2) is 13.4 Å². The highest BCUT2D eigenvalue weighted by molar-refractivity contribution is 7.89. The number of nitrogens with two attached hydrogens (primary N) is 1. The van der Waals surface area contributed by atoms with Gasteiger partial charge in [0.2, 0.25) is 15.9 Å². The number of benzene rings is 2. The molecule has 2 aromatic carbocycles. The van der Waals surface area contributed by atoms with Crippen molar-refractivity contribution >= 4 is 33.3 Å². The first kappa shape index (κ1) is 25.0. The molecule has 3 aromatic rings. The average Bonchev–Trinajstić information content (AvgIpc) is 2.83. The van der Waals surface area contributed by atoms with Crippen LogP contribution in [0.4, 0.5) is 19.0 Å². The van der Waals surface area contributed by atoms with Gasteiger partial charge in [-0.3, -0.25) is 4.79 Å². The predicted octanol–water partition coefficient (Wildman–Crippen LogP) is 4.03.